The van der Waals surface area contributed by atoms with E-state index in [9.17, 15) is 10.1 Å². The molecule has 3 aromatic rings. The summed E-state index contributed by atoms with van der Waals surface area (Å²) >= 11 is 1.32. The first kappa shape index (κ1) is 20.9. The third-order valence-electron chi connectivity index (χ3n) is 3.70. The molecule has 0 spiro atoms. The van der Waals surface area contributed by atoms with Crippen LogP contribution in [0.5, 0.6) is 11.5 Å². The van der Waals surface area contributed by atoms with Crippen molar-refractivity contribution in [2.75, 3.05) is 14.2 Å². The number of hydrogen-bond acceptors (Lipinski definition) is 7. The highest BCUT2D eigenvalue weighted by atomic mass is 35.5. The molecule has 0 atom stereocenters. The molecule has 3 rings (SSSR count). The van der Waals surface area contributed by atoms with Crippen LogP contribution in [0.2, 0.25) is 0 Å². The number of amidine groups is 1. The Morgan fingerprint density at radius 2 is 1.96 bits per heavy atom. The number of rotatable bonds is 5. The van der Waals surface area contributed by atoms with Crippen molar-refractivity contribution in [3.8, 4) is 22.8 Å². The fraction of sp³-hybridized carbons (Fsp3) is 0.133. The van der Waals surface area contributed by atoms with Gasteiger partial charge in [0.2, 0.25) is 5.96 Å². The highest BCUT2D eigenvalue weighted by Crippen LogP contribution is 2.41. The number of fused-ring (bicyclic) bond motifs is 1. The minimum absolute atomic E-state index is 0. The number of benzene rings is 1. The molecule has 2 aromatic heterocycles. The van der Waals surface area contributed by atoms with Crippen LogP contribution >= 0.6 is 23.7 Å². The molecule has 5 N–H and O–H groups in total. The monoisotopic (exact) mass is 425 g/mol. The SMILES string of the molecule is COc1cc(-c2nc3sccn3c2/C(N)=N/C(=N)N)c([N+](=O)[O-])cc1OC.Cl. The van der Waals surface area contributed by atoms with E-state index < -0.39 is 10.9 Å². The van der Waals surface area contributed by atoms with Crippen LogP contribution in [-0.2, 0) is 0 Å². The summed E-state index contributed by atoms with van der Waals surface area (Å²) in [5, 5.41) is 20.8. The van der Waals surface area contributed by atoms with Crippen molar-refractivity contribution in [1.29, 1.82) is 5.41 Å². The van der Waals surface area contributed by atoms with E-state index in [0.29, 0.717) is 10.7 Å². The lowest BCUT2D eigenvalue weighted by Crippen LogP contribution is -2.21. The highest BCUT2D eigenvalue weighted by Gasteiger charge is 2.27. The van der Waals surface area contributed by atoms with Crippen molar-refractivity contribution in [3.63, 3.8) is 0 Å². The van der Waals surface area contributed by atoms with Crippen LogP contribution in [0.1, 0.15) is 5.69 Å². The second-order valence-electron chi connectivity index (χ2n) is 5.23. The van der Waals surface area contributed by atoms with Crippen LogP contribution in [0.25, 0.3) is 16.2 Å². The molecule has 0 unspecified atom stereocenters. The van der Waals surface area contributed by atoms with E-state index in [1.165, 1.54) is 37.7 Å². The van der Waals surface area contributed by atoms with Crippen molar-refractivity contribution in [2.45, 2.75) is 0 Å². The molecule has 0 aliphatic carbocycles. The van der Waals surface area contributed by atoms with Crippen molar-refractivity contribution >= 4 is 46.2 Å². The van der Waals surface area contributed by atoms with Gasteiger partial charge < -0.3 is 20.9 Å². The Labute approximate surface area is 168 Å². The second kappa shape index (κ2) is 8.10. The molecule has 2 heterocycles. The molecule has 0 amide bonds. The lowest BCUT2D eigenvalue weighted by Gasteiger charge is -2.10. The van der Waals surface area contributed by atoms with Gasteiger partial charge in [-0.05, 0) is 0 Å². The number of nitro groups is 1. The summed E-state index contributed by atoms with van der Waals surface area (Å²) in [6.07, 6.45) is 1.70. The molecule has 1 aromatic carbocycles. The number of aliphatic imine (C=N–C) groups is 1. The summed E-state index contributed by atoms with van der Waals surface area (Å²) in [4.78, 5) is 19.8. The maximum Gasteiger partial charge on any atom is 0.282 e. The smallest absolute Gasteiger partial charge is 0.282 e. The lowest BCUT2D eigenvalue weighted by atomic mass is 10.1. The Kier molecular flexibility index (Phi) is 6.06. The number of guanidine groups is 1. The van der Waals surface area contributed by atoms with Gasteiger partial charge in [0.25, 0.3) is 5.69 Å². The van der Waals surface area contributed by atoms with Gasteiger partial charge in [-0.3, -0.25) is 19.9 Å². The summed E-state index contributed by atoms with van der Waals surface area (Å²) in [7, 11) is 2.81. The maximum atomic E-state index is 11.6. The lowest BCUT2D eigenvalue weighted by molar-refractivity contribution is -0.384. The average molecular weight is 426 g/mol. The Morgan fingerprint density at radius 3 is 2.54 bits per heavy atom. The molecule has 0 radical (unpaired) electrons. The fourth-order valence-electron chi connectivity index (χ4n) is 2.61. The zero-order chi connectivity index (χ0) is 19.7. The molecule has 0 bridgehead atoms. The molecule has 11 nitrogen and oxygen atoms in total. The normalized spacial score (nSPS) is 11.1. The number of thiazole rings is 1. The van der Waals surface area contributed by atoms with E-state index in [4.69, 9.17) is 26.4 Å². The standard InChI is InChI=1S/C15H15N7O4S.ClH/c1-25-9-5-7(8(22(23)24)6-10(9)26-2)11-12(13(16)20-14(17)18)21-3-4-27-15(21)19-11;/h3-6H,1-2H3,(H5,16,17,18,20);1H. The summed E-state index contributed by atoms with van der Waals surface area (Å²) in [5.41, 5.74) is 11.8. The number of methoxy groups -OCH3 is 2. The van der Waals surface area contributed by atoms with Crippen LogP contribution in [0.3, 0.4) is 0 Å². The van der Waals surface area contributed by atoms with E-state index in [2.05, 4.69) is 9.98 Å². The number of ether oxygens (including phenoxy) is 2. The summed E-state index contributed by atoms with van der Waals surface area (Å²) in [6.45, 7) is 0. The molecule has 0 aliphatic rings. The largest absolute Gasteiger partial charge is 0.493 e. The predicted molar refractivity (Wildman–Crippen MR) is 108 cm³/mol. The number of nitrogens with two attached hydrogens (primary N) is 2. The Balaban J connectivity index is 0.00000280. The Morgan fingerprint density at radius 1 is 1.32 bits per heavy atom. The van der Waals surface area contributed by atoms with Gasteiger partial charge >= 0.3 is 0 Å². The molecule has 0 aliphatic heterocycles. The molecular formula is C15H16ClN7O4S. The van der Waals surface area contributed by atoms with Gasteiger partial charge in [-0.2, -0.15) is 4.99 Å². The van der Waals surface area contributed by atoms with Crippen LogP contribution in [0.4, 0.5) is 5.69 Å². The van der Waals surface area contributed by atoms with Gasteiger partial charge in [0.05, 0.1) is 30.8 Å². The predicted octanol–water partition coefficient (Wildman–Crippen LogP) is 2.01. The number of imidazole rings is 1. The van der Waals surface area contributed by atoms with Gasteiger partial charge in [0.15, 0.2) is 22.3 Å². The van der Waals surface area contributed by atoms with E-state index in [0.717, 1.165) is 0 Å². The first-order chi connectivity index (χ1) is 12.9. The van der Waals surface area contributed by atoms with Crippen LogP contribution < -0.4 is 20.9 Å². The van der Waals surface area contributed by atoms with Gasteiger partial charge in [0.1, 0.15) is 11.4 Å². The summed E-state index contributed by atoms with van der Waals surface area (Å²) < 4.78 is 12.0. The van der Waals surface area contributed by atoms with Crippen molar-refractivity contribution in [1.82, 2.24) is 9.38 Å². The van der Waals surface area contributed by atoms with Gasteiger partial charge in [0, 0.05) is 17.6 Å². The Hall–Kier alpha value is -3.38. The minimum Gasteiger partial charge on any atom is -0.493 e. The minimum atomic E-state index is -0.549. The van der Waals surface area contributed by atoms with E-state index >= 15 is 0 Å². The topological polar surface area (TPSA) is 167 Å². The number of nitrogens with zero attached hydrogens (tertiary/aromatic N) is 4. The molecule has 13 heteroatoms. The first-order valence-electron chi connectivity index (χ1n) is 7.42. The number of nitro benzene ring substituents is 1. The maximum absolute atomic E-state index is 11.6. The summed E-state index contributed by atoms with van der Waals surface area (Å²) in [6, 6.07) is 2.71. The van der Waals surface area contributed by atoms with E-state index in [-0.39, 0.29) is 46.6 Å². The van der Waals surface area contributed by atoms with E-state index in [1.54, 1.807) is 16.0 Å². The summed E-state index contributed by atoms with van der Waals surface area (Å²) in [5.74, 6) is -0.0821. The second-order valence-corrected chi connectivity index (χ2v) is 6.10. The number of nitrogens with one attached hydrogen (secondary N) is 1. The third kappa shape index (κ3) is 3.54. The molecule has 28 heavy (non-hydrogen) atoms. The third-order valence-corrected chi connectivity index (χ3v) is 4.46. The van der Waals surface area contributed by atoms with Crippen LogP contribution in [0.15, 0.2) is 28.7 Å². The Bertz CT molecular complexity index is 1090. The fourth-order valence-corrected chi connectivity index (χ4v) is 3.32. The zero-order valence-electron chi connectivity index (χ0n) is 14.7. The van der Waals surface area contributed by atoms with Crippen LogP contribution in [-0.4, -0.2) is 40.3 Å². The van der Waals surface area contributed by atoms with Gasteiger partial charge in [-0.15, -0.1) is 23.7 Å². The molecular weight excluding hydrogens is 410 g/mol. The van der Waals surface area contributed by atoms with Gasteiger partial charge in [-0.25, -0.2) is 4.98 Å². The average Bonchev–Trinajstić information content (AvgIpc) is 3.20. The quantitative estimate of drug-likeness (QED) is 0.243. The van der Waals surface area contributed by atoms with E-state index in [1.807, 2.05) is 0 Å². The van der Waals surface area contributed by atoms with Crippen LogP contribution in [0, 0.1) is 15.5 Å². The number of hydrogen-bond donors (Lipinski definition) is 3. The van der Waals surface area contributed by atoms with Crippen molar-refractivity contribution in [2.24, 2.45) is 16.5 Å². The molecule has 0 saturated heterocycles. The van der Waals surface area contributed by atoms with Gasteiger partial charge in [-0.1, -0.05) is 0 Å². The molecule has 148 valence electrons. The molecule has 0 saturated carbocycles. The zero-order valence-corrected chi connectivity index (χ0v) is 16.3. The number of halogens is 1. The number of aromatic nitrogens is 2. The first-order valence-corrected chi connectivity index (χ1v) is 8.30. The van der Waals surface area contributed by atoms with Crippen molar-refractivity contribution < 1.29 is 14.4 Å². The van der Waals surface area contributed by atoms with Crippen molar-refractivity contribution in [3.05, 3.63) is 39.5 Å². The highest BCUT2D eigenvalue weighted by molar-refractivity contribution is 7.15. The molecule has 0 fully saturated rings.